The van der Waals surface area contributed by atoms with Gasteiger partial charge in [-0.25, -0.2) is 0 Å². The number of carbonyl (C=O) groups excluding carboxylic acids is 1. The van der Waals surface area contributed by atoms with Gasteiger partial charge in [0.2, 0.25) is 5.91 Å². The van der Waals surface area contributed by atoms with Crippen LogP contribution in [0.3, 0.4) is 0 Å². The first-order chi connectivity index (χ1) is 10.5. The Morgan fingerprint density at radius 3 is 2.68 bits per heavy atom. The lowest BCUT2D eigenvalue weighted by Gasteiger charge is -2.21. The molecule has 0 spiro atoms. The van der Waals surface area contributed by atoms with Crippen LogP contribution in [0.25, 0.3) is 0 Å². The zero-order valence-electron chi connectivity index (χ0n) is 12.4. The molecule has 0 radical (unpaired) electrons. The van der Waals surface area contributed by atoms with Crippen LogP contribution in [0.5, 0.6) is 0 Å². The molecule has 1 heterocycles. The van der Waals surface area contributed by atoms with Gasteiger partial charge in [0.15, 0.2) is 0 Å². The minimum atomic E-state index is -0.318. The Bertz CT molecular complexity index is 631. The molecule has 2 rings (SSSR count). The molecular formula is C16H18Cl2N2OS. The largest absolute Gasteiger partial charge is 0.350 e. The summed E-state index contributed by atoms with van der Waals surface area (Å²) in [6, 6.07) is 8.98. The fourth-order valence-corrected chi connectivity index (χ4v) is 3.35. The van der Waals surface area contributed by atoms with Crippen molar-refractivity contribution < 1.29 is 4.79 Å². The summed E-state index contributed by atoms with van der Waals surface area (Å²) in [6.45, 7) is 4.36. The van der Waals surface area contributed by atoms with E-state index in [-0.39, 0.29) is 18.0 Å². The predicted molar refractivity (Wildman–Crippen MR) is 93.6 cm³/mol. The van der Waals surface area contributed by atoms with Gasteiger partial charge in [0.1, 0.15) is 0 Å². The molecule has 0 saturated heterocycles. The van der Waals surface area contributed by atoms with Crippen LogP contribution < -0.4 is 10.6 Å². The Labute approximate surface area is 144 Å². The maximum Gasteiger partial charge on any atom is 0.237 e. The van der Waals surface area contributed by atoms with Crippen molar-refractivity contribution >= 4 is 40.4 Å². The quantitative estimate of drug-likeness (QED) is 0.804. The number of benzene rings is 1. The second-order valence-electron chi connectivity index (χ2n) is 5.07. The fourth-order valence-electron chi connectivity index (χ4n) is 2.13. The van der Waals surface area contributed by atoms with E-state index < -0.39 is 0 Å². The van der Waals surface area contributed by atoms with Gasteiger partial charge < -0.3 is 5.32 Å². The van der Waals surface area contributed by atoms with Crippen molar-refractivity contribution in [3.05, 3.63) is 56.2 Å². The summed E-state index contributed by atoms with van der Waals surface area (Å²) in [5, 5.41) is 9.36. The Balaban J connectivity index is 1.89. The van der Waals surface area contributed by atoms with Gasteiger partial charge in [-0.05, 0) is 43.0 Å². The molecular weight excluding hydrogens is 339 g/mol. The number of hydrogen-bond donors (Lipinski definition) is 2. The van der Waals surface area contributed by atoms with Crippen LogP contribution in [0.1, 0.15) is 30.3 Å². The number of amides is 1. The van der Waals surface area contributed by atoms with E-state index in [0.29, 0.717) is 16.6 Å². The molecule has 0 saturated carbocycles. The second kappa shape index (κ2) is 7.97. The number of rotatable bonds is 6. The van der Waals surface area contributed by atoms with Crippen LogP contribution in [-0.2, 0) is 11.3 Å². The van der Waals surface area contributed by atoms with Crippen molar-refractivity contribution in [3.8, 4) is 0 Å². The van der Waals surface area contributed by atoms with E-state index in [1.807, 2.05) is 37.4 Å². The summed E-state index contributed by atoms with van der Waals surface area (Å²) in [6.07, 6.45) is 0. The molecule has 6 heteroatoms. The molecule has 0 aliphatic carbocycles. The van der Waals surface area contributed by atoms with Gasteiger partial charge in [0.05, 0.1) is 12.6 Å². The van der Waals surface area contributed by atoms with Gasteiger partial charge in [-0.1, -0.05) is 35.3 Å². The van der Waals surface area contributed by atoms with E-state index in [4.69, 9.17) is 23.2 Å². The first-order valence-corrected chi connectivity index (χ1v) is 8.62. The smallest absolute Gasteiger partial charge is 0.237 e. The van der Waals surface area contributed by atoms with Crippen molar-refractivity contribution in [2.24, 2.45) is 0 Å². The number of thiophene rings is 1. The molecule has 0 bridgehead atoms. The van der Waals surface area contributed by atoms with Gasteiger partial charge in [-0.15, -0.1) is 11.3 Å². The normalized spacial score (nSPS) is 13.6. The van der Waals surface area contributed by atoms with Crippen LogP contribution in [0.15, 0.2) is 35.7 Å². The first kappa shape index (κ1) is 17.3. The van der Waals surface area contributed by atoms with Gasteiger partial charge in [0, 0.05) is 21.0 Å². The van der Waals surface area contributed by atoms with E-state index >= 15 is 0 Å². The first-order valence-electron chi connectivity index (χ1n) is 6.98. The third-order valence-electron chi connectivity index (χ3n) is 3.34. The zero-order chi connectivity index (χ0) is 16.1. The Kier molecular flexibility index (Phi) is 6.26. The topological polar surface area (TPSA) is 41.1 Å². The van der Waals surface area contributed by atoms with Crippen molar-refractivity contribution in [1.29, 1.82) is 0 Å². The van der Waals surface area contributed by atoms with Gasteiger partial charge in [-0.2, -0.15) is 0 Å². The SMILES string of the molecule is C[C@H](N[C@@H](C)c1ccc(Cl)cc1Cl)C(=O)NCc1cccs1. The molecule has 22 heavy (non-hydrogen) atoms. The summed E-state index contributed by atoms with van der Waals surface area (Å²) >= 11 is 13.7. The monoisotopic (exact) mass is 356 g/mol. The number of nitrogens with one attached hydrogen (secondary N) is 2. The van der Waals surface area contributed by atoms with E-state index in [1.54, 1.807) is 23.5 Å². The average molecular weight is 357 g/mol. The van der Waals surface area contributed by atoms with Crippen LogP contribution in [0.4, 0.5) is 0 Å². The van der Waals surface area contributed by atoms with Crippen molar-refractivity contribution in [2.75, 3.05) is 0 Å². The average Bonchev–Trinajstić information content (AvgIpc) is 2.97. The minimum Gasteiger partial charge on any atom is -0.350 e. The van der Waals surface area contributed by atoms with Crippen molar-refractivity contribution in [3.63, 3.8) is 0 Å². The third kappa shape index (κ3) is 4.71. The molecule has 0 aliphatic heterocycles. The number of carbonyl (C=O) groups is 1. The van der Waals surface area contributed by atoms with Crippen molar-refractivity contribution in [2.45, 2.75) is 32.5 Å². The Morgan fingerprint density at radius 2 is 2.05 bits per heavy atom. The van der Waals surface area contributed by atoms with Crippen LogP contribution >= 0.6 is 34.5 Å². The van der Waals surface area contributed by atoms with Crippen LogP contribution in [0.2, 0.25) is 10.0 Å². The molecule has 118 valence electrons. The molecule has 2 atom stereocenters. The Hall–Kier alpha value is -1.07. The lowest BCUT2D eigenvalue weighted by molar-refractivity contribution is -0.123. The van der Waals surface area contributed by atoms with Crippen molar-refractivity contribution in [1.82, 2.24) is 10.6 Å². The van der Waals surface area contributed by atoms with E-state index in [1.165, 1.54) is 0 Å². The molecule has 2 aromatic rings. The summed E-state index contributed by atoms with van der Waals surface area (Å²) in [7, 11) is 0. The highest BCUT2D eigenvalue weighted by Crippen LogP contribution is 2.26. The van der Waals surface area contributed by atoms with E-state index in [0.717, 1.165) is 10.4 Å². The highest BCUT2D eigenvalue weighted by Gasteiger charge is 2.17. The van der Waals surface area contributed by atoms with Crippen LogP contribution in [0, 0.1) is 0 Å². The zero-order valence-corrected chi connectivity index (χ0v) is 14.7. The summed E-state index contributed by atoms with van der Waals surface area (Å²) in [4.78, 5) is 13.3. The second-order valence-corrected chi connectivity index (χ2v) is 6.95. The summed E-state index contributed by atoms with van der Waals surface area (Å²) in [5.41, 5.74) is 0.920. The maximum atomic E-state index is 12.1. The standard InChI is InChI=1S/C16H18Cl2N2OS/c1-10(14-6-5-12(17)8-15(14)18)20-11(2)16(21)19-9-13-4-3-7-22-13/h3-8,10-11,20H,9H2,1-2H3,(H,19,21)/t10-,11-/m0/s1. The summed E-state index contributed by atoms with van der Waals surface area (Å²) < 4.78 is 0. The Morgan fingerprint density at radius 1 is 1.27 bits per heavy atom. The van der Waals surface area contributed by atoms with E-state index in [9.17, 15) is 4.79 Å². The third-order valence-corrected chi connectivity index (χ3v) is 4.78. The molecule has 0 unspecified atom stereocenters. The molecule has 0 aliphatic rings. The lowest BCUT2D eigenvalue weighted by Crippen LogP contribution is -2.42. The number of halogens is 2. The minimum absolute atomic E-state index is 0.0367. The van der Waals surface area contributed by atoms with Gasteiger partial charge >= 0.3 is 0 Å². The summed E-state index contributed by atoms with van der Waals surface area (Å²) in [5.74, 6) is -0.0367. The van der Waals surface area contributed by atoms with E-state index in [2.05, 4.69) is 10.6 Å². The van der Waals surface area contributed by atoms with Gasteiger partial charge in [0.25, 0.3) is 0 Å². The molecule has 1 aromatic heterocycles. The lowest BCUT2D eigenvalue weighted by atomic mass is 10.1. The molecule has 3 nitrogen and oxygen atoms in total. The molecule has 1 aromatic carbocycles. The maximum absolute atomic E-state index is 12.1. The van der Waals surface area contributed by atoms with Gasteiger partial charge in [-0.3, -0.25) is 10.1 Å². The van der Waals surface area contributed by atoms with Crippen LogP contribution in [-0.4, -0.2) is 11.9 Å². The molecule has 0 fully saturated rings. The number of hydrogen-bond acceptors (Lipinski definition) is 3. The fraction of sp³-hybridized carbons (Fsp3) is 0.312. The molecule has 2 N–H and O–H groups in total. The predicted octanol–water partition coefficient (Wildman–Crippen LogP) is 4.41. The highest BCUT2D eigenvalue weighted by atomic mass is 35.5. The highest BCUT2D eigenvalue weighted by molar-refractivity contribution is 7.09. The molecule has 1 amide bonds.